The number of aryl methyl sites for hydroxylation is 2. The number of ether oxygens (including phenoxy) is 1. The summed E-state index contributed by atoms with van der Waals surface area (Å²) in [5.41, 5.74) is 2.83. The zero-order chi connectivity index (χ0) is 14.7. The van der Waals surface area contributed by atoms with Crippen LogP contribution in [0.1, 0.15) is 56.6 Å². The third kappa shape index (κ3) is 3.58. The van der Waals surface area contributed by atoms with Gasteiger partial charge in [0.05, 0.1) is 0 Å². The third-order valence-electron chi connectivity index (χ3n) is 4.70. The van der Waals surface area contributed by atoms with Crippen LogP contribution in [0.2, 0.25) is 0 Å². The van der Waals surface area contributed by atoms with Gasteiger partial charge in [-0.2, -0.15) is 0 Å². The summed E-state index contributed by atoms with van der Waals surface area (Å²) in [6.07, 6.45) is 9.10. The van der Waals surface area contributed by atoms with E-state index < -0.39 is 6.10 Å². The molecule has 0 radical (unpaired) electrons. The Bertz CT molecular complexity index is 506. The Kier molecular flexibility index (Phi) is 4.47. The molecule has 114 valence electrons. The topological polar surface area (TPSA) is 38.3 Å². The third-order valence-corrected chi connectivity index (χ3v) is 4.70. The molecule has 0 spiro atoms. The van der Waals surface area contributed by atoms with Gasteiger partial charge in [-0.05, 0) is 68.7 Å². The van der Waals surface area contributed by atoms with Gasteiger partial charge < -0.3 is 10.1 Å². The molecule has 1 aromatic rings. The number of nitrogens with one attached hydrogen (secondary N) is 1. The molecule has 1 N–H and O–H groups in total. The molecule has 1 saturated carbocycles. The first kappa shape index (κ1) is 14.4. The van der Waals surface area contributed by atoms with E-state index in [4.69, 9.17) is 4.74 Å². The van der Waals surface area contributed by atoms with Crippen molar-refractivity contribution in [3.63, 3.8) is 0 Å². The second-order valence-electron chi connectivity index (χ2n) is 6.39. The number of hydrogen-bond donors (Lipinski definition) is 1. The second kappa shape index (κ2) is 6.50. The Balaban J connectivity index is 1.58. The molecule has 2 aliphatic carbocycles. The van der Waals surface area contributed by atoms with Gasteiger partial charge in [0.25, 0.3) is 5.91 Å². The van der Waals surface area contributed by atoms with Crippen LogP contribution >= 0.6 is 0 Å². The smallest absolute Gasteiger partial charge is 0.260 e. The fourth-order valence-corrected chi connectivity index (χ4v) is 3.43. The molecule has 3 nitrogen and oxygen atoms in total. The zero-order valence-corrected chi connectivity index (χ0v) is 12.9. The van der Waals surface area contributed by atoms with Crippen LogP contribution in [0.4, 0.5) is 0 Å². The molecule has 2 aliphatic rings. The van der Waals surface area contributed by atoms with Crippen molar-refractivity contribution in [1.82, 2.24) is 5.32 Å². The Morgan fingerprint density at radius 2 is 1.86 bits per heavy atom. The number of hydrogen-bond acceptors (Lipinski definition) is 2. The monoisotopic (exact) mass is 287 g/mol. The van der Waals surface area contributed by atoms with E-state index in [1.807, 2.05) is 13.0 Å². The Labute approximate surface area is 127 Å². The maximum atomic E-state index is 12.2. The Morgan fingerprint density at radius 3 is 2.62 bits per heavy atom. The summed E-state index contributed by atoms with van der Waals surface area (Å²) in [6.45, 7) is 1.84. The Morgan fingerprint density at radius 1 is 1.14 bits per heavy atom. The summed E-state index contributed by atoms with van der Waals surface area (Å²) in [5.74, 6) is 0.837. The van der Waals surface area contributed by atoms with Gasteiger partial charge in [-0.3, -0.25) is 4.79 Å². The van der Waals surface area contributed by atoms with Crippen LogP contribution in [0.15, 0.2) is 18.2 Å². The van der Waals surface area contributed by atoms with Crippen LogP contribution in [0.5, 0.6) is 5.75 Å². The fourth-order valence-electron chi connectivity index (χ4n) is 3.43. The van der Waals surface area contributed by atoms with Crippen molar-refractivity contribution in [1.29, 1.82) is 0 Å². The lowest BCUT2D eigenvalue weighted by Gasteiger charge is -2.20. The Hall–Kier alpha value is -1.51. The highest BCUT2D eigenvalue weighted by Crippen LogP contribution is 2.26. The van der Waals surface area contributed by atoms with Crippen molar-refractivity contribution in [2.45, 2.75) is 70.4 Å². The molecule has 0 aliphatic heterocycles. The quantitative estimate of drug-likeness (QED) is 0.922. The van der Waals surface area contributed by atoms with E-state index in [0.29, 0.717) is 6.04 Å². The first-order chi connectivity index (χ1) is 10.2. The van der Waals surface area contributed by atoms with Crippen LogP contribution in [0, 0.1) is 0 Å². The van der Waals surface area contributed by atoms with Gasteiger partial charge in [0.2, 0.25) is 0 Å². The van der Waals surface area contributed by atoms with Gasteiger partial charge in [-0.25, -0.2) is 0 Å². The summed E-state index contributed by atoms with van der Waals surface area (Å²) >= 11 is 0. The van der Waals surface area contributed by atoms with Crippen molar-refractivity contribution in [2.24, 2.45) is 0 Å². The van der Waals surface area contributed by atoms with Gasteiger partial charge >= 0.3 is 0 Å². The molecule has 0 aromatic heterocycles. The summed E-state index contributed by atoms with van der Waals surface area (Å²) < 4.78 is 5.84. The summed E-state index contributed by atoms with van der Waals surface area (Å²) in [6, 6.07) is 6.63. The van der Waals surface area contributed by atoms with Crippen LogP contribution in [0.3, 0.4) is 0 Å². The average molecular weight is 287 g/mol. The minimum absolute atomic E-state index is 0.0135. The number of fused-ring (bicyclic) bond motifs is 1. The van der Waals surface area contributed by atoms with E-state index in [1.54, 1.807) is 0 Å². The molecule has 1 aromatic carbocycles. The largest absolute Gasteiger partial charge is 0.481 e. The number of carbonyl (C=O) groups is 1. The highest BCUT2D eigenvalue weighted by Gasteiger charge is 2.22. The van der Waals surface area contributed by atoms with E-state index in [9.17, 15) is 4.79 Å². The lowest BCUT2D eigenvalue weighted by Crippen LogP contribution is -2.41. The lowest BCUT2D eigenvalue weighted by atomic mass is 9.92. The van der Waals surface area contributed by atoms with Gasteiger partial charge in [0, 0.05) is 6.04 Å². The minimum atomic E-state index is -0.424. The highest BCUT2D eigenvalue weighted by atomic mass is 16.5. The molecule has 0 bridgehead atoms. The highest BCUT2D eigenvalue weighted by molar-refractivity contribution is 5.81. The van der Waals surface area contributed by atoms with Crippen LogP contribution in [0.25, 0.3) is 0 Å². The molecule has 1 amide bonds. The van der Waals surface area contributed by atoms with Crippen molar-refractivity contribution in [3.8, 4) is 5.75 Å². The molecular formula is C18H25NO2. The van der Waals surface area contributed by atoms with Gasteiger partial charge in [0.1, 0.15) is 5.75 Å². The number of amides is 1. The first-order valence-corrected chi connectivity index (χ1v) is 8.31. The number of rotatable bonds is 4. The van der Waals surface area contributed by atoms with E-state index in [0.717, 1.165) is 25.0 Å². The summed E-state index contributed by atoms with van der Waals surface area (Å²) in [5, 5.41) is 3.10. The first-order valence-electron chi connectivity index (χ1n) is 8.31. The average Bonchev–Trinajstić information content (AvgIpc) is 3.00. The number of benzene rings is 1. The normalized spacial score (nSPS) is 19.9. The van der Waals surface area contributed by atoms with Gasteiger partial charge in [0.15, 0.2) is 6.10 Å². The molecular weight excluding hydrogens is 262 g/mol. The molecule has 21 heavy (non-hydrogen) atoms. The molecule has 3 rings (SSSR count). The SMILES string of the molecule is CC(Oc1ccc2c(c1)CCCC2)C(=O)NC1CCCC1. The van der Waals surface area contributed by atoms with Gasteiger partial charge in [-0.1, -0.05) is 18.9 Å². The lowest BCUT2D eigenvalue weighted by molar-refractivity contribution is -0.127. The fraction of sp³-hybridized carbons (Fsp3) is 0.611. The predicted molar refractivity (Wildman–Crippen MR) is 83.6 cm³/mol. The van der Waals surface area contributed by atoms with Crippen molar-refractivity contribution < 1.29 is 9.53 Å². The van der Waals surface area contributed by atoms with Crippen molar-refractivity contribution >= 4 is 5.91 Å². The van der Waals surface area contributed by atoms with E-state index in [-0.39, 0.29) is 5.91 Å². The standard InChI is InChI=1S/C18H25NO2/c1-13(18(20)19-16-8-4-5-9-16)21-17-11-10-14-6-2-3-7-15(14)12-17/h10-13,16H,2-9H2,1H3,(H,19,20). The van der Waals surface area contributed by atoms with Crippen LogP contribution in [-0.2, 0) is 17.6 Å². The minimum Gasteiger partial charge on any atom is -0.481 e. The summed E-state index contributed by atoms with van der Waals surface area (Å²) in [7, 11) is 0. The van der Waals surface area contributed by atoms with Crippen LogP contribution in [-0.4, -0.2) is 18.1 Å². The van der Waals surface area contributed by atoms with E-state index in [2.05, 4.69) is 17.4 Å². The van der Waals surface area contributed by atoms with Gasteiger partial charge in [-0.15, -0.1) is 0 Å². The van der Waals surface area contributed by atoms with Crippen molar-refractivity contribution in [3.05, 3.63) is 29.3 Å². The predicted octanol–water partition coefficient (Wildman–Crippen LogP) is 3.39. The molecule has 1 atom stereocenters. The van der Waals surface area contributed by atoms with E-state index in [1.165, 1.54) is 43.2 Å². The van der Waals surface area contributed by atoms with Crippen molar-refractivity contribution in [2.75, 3.05) is 0 Å². The second-order valence-corrected chi connectivity index (χ2v) is 6.39. The maximum absolute atomic E-state index is 12.2. The molecule has 1 unspecified atom stereocenters. The molecule has 3 heteroatoms. The summed E-state index contributed by atoms with van der Waals surface area (Å²) in [4.78, 5) is 12.2. The zero-order valence-electron chi connectivity index (χ0n) is 12.9. The molecule has 1 fully saturated rings. The molecule has 0 heterocycles. The maximum Gasteiger partial charge on any atom is 0.260 e. The molecule has 0 saturated heterocycles. The van der Waals surface area contributed by atoms with Crippen LogP contribution < -0.4 is 10.1 Å². The van der Waals surface area contributed by atoms with E-state index >= 15 is 0 Å². The number of carbonyl (C=O) groups excluding carboxylic acids is 1.